The van der Waals surface area contributed by atoms with E-state index in [-0.39, 0.29) is 11.7 Å². The Morgan fingerprint density at radius 1 is 1.47 bits per heavy atom. The maximum absolute atomic E-state index is 13.9. The number of likely N-dealkylation sites (N-methyl/N-ethyl adjacent to an activating group) is 1. The third-order valence-corrected chi connectivity index (χ3v) is 3.73. The van der Waals surface area contributed by atoms with Crippen LogP contribution in [0.3, 0.4) is 0 Å². The van der Waals surface area contributed by atoms with Crippen LogP contribution in [0.4, 0.5) is 4.39 Å². The number of halogens is 1. The third kappa shape index (κ3) is 2.85. The molecule has 1 fully saturated rings. The maximum atomic E-state index is 13.9. The summed E-state index contributed by atoms with van der Waals surface area (Å²) >= 11 is 0. The van der Waals surface area contributed by atoms with Gasteiger partial charge in [0.05, 0.1) is 0 Å². The van der Waals surface area contributed by atoms with E-state index >= 15 is 0 Å². The van der Waals surface area contributed by atoms with Crippen LogP contribution in [0.5, 0.6) is 0 Å². The third-order valence-electron chi connectivity index (χ3n) is 3.73. The summed E-state index contributed by atoms with van der Waals surface area (Å²) in [4.78, 5) is 2.33. The zero-order chi connectivity index (χ0) is 12.3. The van der Waals surface area contributed by atoms with Crippen LogP contribution >= 0.6 is 0 Å². The molecule has 0 radical (unpaired) electrons. The van der Waals surface area contributed by atoms with Gasteiger partial charge in [0.15, 0.2) is 0 Å². The van der Waals surface area contributed by atoms with Crippen LogP contribution in [0.15, 0.2) is 24.3 Å². The number of hydrogen-bond acceptors (Lipinski definition) is 2. The zero-order valence-electron chi connectivity index (χ0n) is 10.6. The summed E-state index contributed by atoms with van der Waals surface area (Å²) < 4.78 is 13.9. The van der Waals surface area contributed by atoms with Crippen molar-refractivity contribution in [2.45, 2.75) is 12.3 Å². The van der Waals surface area contributed by atoms with Gasteiger partial charge in [-0.1, -0.05) is 18.2 Å². The number of benzene rings is 1. The topological polar surface area (TPSA) is 15.3 Å². The van der Waals surface area contributed by atoms with Crippen LogP contribution in [0.25, 0.3) is 0 Å². The second kappa shape index (κ2) is 5.61. The molecule has 0 bridgehead atoms. The average Bonchev–Trinajstić information content (AvgIpc) is 2.74. The average molecular weight is 236 g/mol. The highest BCUT2D eigenvalue weighted by Gasteiger charge is 2.29. The van der Waals surface area contributed by atoms with Crippen molar-refractivity contribution in [1.82, 2.24) is 10.2 Å². The lowest BCUT2D eigenvalue weighted by molar-refractivity contribution is 0.361. The van der Waals surface area contributed by atoms with Crippen LogP contribution in [0.2, 0.25) is 0 Å². The van der Waals surface area contributed by atoms with Crippen molar-refractivity contribution in [1.29, 1.82) is 0 Å². The Balaban J connectivity index is 2.20. The van der Waals surface area contributed by atoms with Crippen molar-refractivity contribution in [3.8, 4) is 0 Å². The minimum absolute atomic E-state index is 0.0673. The van der Waals surface area contributed by atoms with Gasteiger partial charge in [0.2, 0.25) is 0 Å². The Hall–Kier alpha value is -0.930. The van der Waals surface area contributed by atoms with Gasteiger partial charge in [-0.05, 0) is 44.6 Å². The molecule has 3 heteroatoms. The highest BCUT2D eigenvalue weighted by Crippen LogP contribution is 2.32. The van der Waals surface area contributed by atoms with Gasteiger partial charge >= 0.3 is 0 Å². The maximum Gasteiger partial charge on any atom is 0.126 e. The number of nitrogens with zero attached hydrogens (tertiary/aromatic N) is 1. The fraction of sp³-hybridized carbons (Fsp3) is 0.571. The molecule has 94 valence electrons. The molecule has 1 N–H and O–H groups in total. The molecule has 2 nitrogen and oxygen atoms in total. The molecule has 0 aromatic heterocycles. The van der Waals surface area contributed by atoms with Crippen molar-refractivity contribution in [2.75, 3.05) is 33.7 Å². The Kier molecular flexibility index (Phi) is 4.13. The number of nitrogens with one attached hydrogen (secondary N) is 1. The van der Waals surface area contributed by atoms with E-state index in [0.29, 0.717) is 5.92 Å². The van der Waals surface area contributed by atoms with E-state index in [0.717, 1.165) is 31.6 Å². The lowest BCUT2D eigenvalue weighted by atomic mass is 9.85. The standard InChI is InChI=1S/C14H21FN2/c1-16-9-13(11-7-8-17(2)10-11)12-5-3-4-6-14(12)15/h3-6,11,13,16H,7-10H2,1-2H3. The molecule has 0 spiro atoms. The Bertz CT molecular complexity index is 367. The van der Waals surface area contributed by atoms with E-state index in [1.165, 1.54) is 0 Å². The minimum Gasteiger partial charge on any atom is -0.319 e. The molecular weight excluding hydrogens is 215 g/mol. The van der Waals surface area contributed by atoms with Crippen molar-refractivity contribution in [2.24, 2.45) is 5.92 Å². The van der Waals surface area contributed by atoms with E-state index < -0.39 is 0 Å². The van der Waals surface area contributed by atoms with Gasteiger partial charge in [0.1, 0.15) is 5.82 Å². The molecule has 0 aliphatic carbocycles. The largest absolute Gasteiger partial charge is 0.319 e. The first-order valence-electron chi connectivity index (χ1n) is 6.30. The molecule has 1 aromatic rings. The van der Waals surface area contributed by atoms with E-state index in [1.807, 2.05) is 19.2 Å². The number of hydrogen-bond donors (Lipinski definition) is 1. The fourth-order valence-electron chi connectivity index (χ4n) is 2.82. The predicted octanol–water partition coefficient (Wildman–Crippen LogP) is 2.08. The van der Waals surface area contributed by atoms with Crippen LogP contribution in [0, 0.1) is 11.7 Å². The Morgan fingerprint density at radius 2 is 2.24 bits per heavy atom. The van der Waals surface area contributed by atoms with Gasteiger partial charge in [-0.25, -0.2) is 4.39 Å². The molecule has 0 amide bonds. The van der Waals surface area contributed by atoms with Crippen molar-refractivity contribution >= 4 is 0 Å². The summed E-state index contributed by atoms with van der Waals surface area (Å²) in [6.07, 6.45) is 1.16. The molecule has 1 heterocycles. The Morgan fingerprint density at radius 3 is 2.82 bits per heavy atom. The van der Waals surface area contributed by atoms with Gasteiger partial charge in [0, 0.05) is 19.0 Å². The smallest absolute Gasteiger partial charge is 0.126 e. The molecule has 2 rings (SSSR count). The van der Waals surface area contributed by atoms with E-state index in [9.17, 15) is 4.39 Å². The number of rotatable bonds is 4. The molecule has 1 aliphatic rings. The van der Waals surface area contributed by atoms with Crippen molar-refractivity contribution in [3.63, 3.8) is 0 Å². The van der Waals surface area contributed by atoms with Crippen LogP contribution in [0.1, 0.15) is 17.9 Å². The highest BCUT2D eigenvalue weighted by atomic mass is 19.1. The summed E-state index contributed by atoms with van der Waals surface area (Å²) in [5.41, 5.74) is 0.863. The van der Waals surface area contributed by atoms with Crippen LogP contribution < -0.4 is 5.32 Å². The second-order valence-corrected chi connectivity index (χ2v) is 5.00. The van der Waals surface area contributed by atoms with Gasteiger partial charge < -0.3 is 10.2 Å². The summed E-state index contributed by atoms with van der Waals surface area (Å²) in [7, 11) is 4.07. The molecule has 17 heavy (non-hydrogen) atoms. The molecule has 1 saturated heterocycles. The minimum atomic E-state index is -0.0673. The lowest BCUT2D eigenvalue weighted by Gasteiger charge is -2.24. The first-order chi connectivity index (χ1) is 8.22. The highest BCUT2D eigenvalue weighted by molar-refractivity contribution is 5.23. The van der Waals surface area contributed by atoms with E-state index in [1.54, 1.807) is 12.1 Å². The second-order valence-electron chi connectivity index (χ2n) is 5.00. The molecule has 1 aliphatic heterocycles. The summed E-state index contributed by atoms with van der Waals surface area (Å²) in [6.45, 7) is 3.04. The van der Waals surface area contributed by atoms with Crippen LogP contribution in [-0.4, -0.2) is 38.6 Å². The predicted molar refractivity (Wildman–Crippen MR) is 68.7 cm³/mol. The van der Waals surface area contributed by atoms with E-state index in [4.69, 9.17) is 0 Å². The molecule has 2 atom stereocenters. The first kappa shape index (κ1) is 12.5. The van der Waals surface area contributed by atoms with Gasteiger partial charge in [-0.15, -0.1) is 0 Å². The fourth-order valence-corrected chi connectivity index (χ4v) is 2.82. The SMILES string of the molecule is CNCC(c1ccccc1F)C1CCN(C)C1. The van der Waals surface area contributed by atoms with Crippen molar-refractivity contribution in [3.05, 3.63) is 35.6 Å². The van der Waals surface area contributed by atoms with Gasteiger partial charge in [0.25, 0.3) is 0 Å². The van der Waals surface area contributed by atoms with Gasteiger partial charge in [-0.2, -0.15) is 0 Å². The Labute approximate surface area is 103 Å². The lowest BCUT2D eigenvalue weighted by Crippen LogP contribution is -2.27. The monoisotopic (exact) mass is 236 g/mol. The molecular formula is C14H21FN2. The van der Waals surface area contributed by atoms with Crippen LogP contribution in [-0.2, 0) is 0 Å². The van der Waals surface area contributed by atoms with E-state index in [2.05, 4.69) is 17.3 Å². The quantitative estimate of drug-likeness (QED) is 0.861. The normalized spacial score (nSPS) is 22.9. The number of likely N-dealkylation sites (tertiary alicyclic amines) is 1. The van der Waals surface area contributed by atoms with Crippen molar-refractivity contribution < 1.29 is 4.39 Å². The van der Waals surface area contributed by atoms with Gasteiger partial charge in [-0.3, -0.25) is 0 Å². The first-order valence-corrected chi connectivity index (χ1v) is 6.30. The zero-order valence-corrected chi connectivity index (χ0v) is 10.6. The summed E-state index contributed by atoms with van der Waals surface area (Å²) in [5, 5.41) is 3.20. The summed E-state index contributed by atoms with van der Waals surface area (Å²) in [5.74, 6) is 0.776. The molecule has 1 aromatic carbocycles. The molecule has 2 unspecified atom stereocenters. The molecule has 0 saturated carbocycles. The summed E-state index contributed by atoms with van der Waals surface area (Å²) in [6, 6.07) is 7.18.